The Morgan fingerprint density at radius 1 is 0.269 bits per heavy atom. The third-order valence-electron chi connectivity index (χ3n) is 20.4. The largest absolute Gasteiger partial charge is 0.472 e. The third kappa shape index (κ3) is 76.8. The first-order valence-electron chi connectivity index (χ1n) is 44.2. The second-order valence-electron chi connectivity index (χ2n) is 30.8. The zero-order chi connectivity index (χ0) is 76.2. The van der Waals surface area contributed by atoms with Crippen molar-refractivity contribution in [2.45, 2.75) is 477 Å². The molecule has 0 aliphatic carbocycles. The summed E-state index contributed by atoms with van der Waals surface area (Å²) in [7, 11) is -9.92. The average Bonchev–Trinajstić information content (AvgIpc) is 0.909. The second kappa shape index (κ2) is 77.8. The van der Waals surface area contributed by atoms with Gasteiger partial charge in [0.25, 0.3) is 0 Å². The number of unbranched alkanes of at least 4 members (excludes halogenated alkanes) is 56. The van der Waals surface area contributed by atoms with Crippen molar-refractivity contribution in [2.24, 2.45) is 5.92 Å². The van der Waals surface area contributed by atoms with E-state index >= 15 is 0 Å². The lowest BCUT2D eigenvalue weighted by molar-refractivity contribution is -0.161. The monoisotopic (exact) mass is 1520 g/mol. The molecule has 0 aromatic rings. The molecule has 0 saturated heterocycles. The van der Waals surface area contributed by atoms with Crippen molar-refractivity contribution >= 4 is 39.5 Å². The van der Waals surface area contributed by atoms with Crippen LogP contribution in [0.15, 0.2) is 0 Å². The molecule has 3 unspecified atom stereocenters. The fourth-order valence-electron chi connectivity index (χ4n) is 13.3. The highest BCUT2D eigenvalue weighted by Gasteiger charge is 2.30. The summed E-state index contributed by atoms with van der Waals surface area (Å²) in [6.45, 7) is 7.39. The number of rotatable bonds is 85. The molecule has 0 aliphatic heterocycles. The first-order valence-corrected chi connectivity index (χ1v) is 47.2. The van der Waals surface area contributed by atoms with E-state index in [0.29, 0.717) is 25.7 Å². The fourth-order valence-corrected chi connectivity index (χ4v) is 14.8. The van der Waals surface area contributed by atoms with Crippen LogP contribution >= 0.6 is 15.6 Å². The molecule has 104 heavy (non-hydrogen) atoms. The normalized spacial score (nSPS) is 14.0. The molecule has 0 fully saturated rings. The van der Waals surface area contributed by atoms with Gasteiger partial charge in [-0.05, 0) is 31.6 Å². The minimum absolute atomic E-state index is 0.107. The van der Waals surface area contributed by atoms with Crippen LogP contribution in [0.5, 0.6) is 0 Å². The summed E-state index contributed by atoms with van der Waals surface area (Å²) in [5, 5.41) is 10.6. The molecule has 0 aromatic heterocycles. The molecule has 0 aromatic carbocycles. The number of esters is 4. The van der Waals surface area contributed by atoms with E-state index in [1.807, 2.05) is 0 Å². The van der Waals surface area contributed by atoms with Crippen LogP contribution in [0.3, 0.4) is 0 Å². The van der Waals surface area contributed by atoms with E-state index < -0.39 is 97.5 Å². The van der Waals surface area contributed by atoms with Gasteiger partial charge >= 0.3 is 39.5 Å². The Morgan fingerprint density at radius 2 is 0.462 bits per heavy atom. The van der Waals surface area contributed by atoms with E-state index in [2.05, 4.69) is 34.6 Å². The number of ether oxygens (including phenoxy) is 4. The van der Waals surface area contributed by atoms with Crippen LogP contribution in [0, 0.1) is 5.92 Å². The Bertz CT molecular complexity index is 1980. The van der Waals surface area contributed by atoms with E-state index in [1.165, 1.54) is 283 Å². The van der Waals surface area contributed by atoms with E-state index in [1.54, 1.807) is 0 Å². The SMILES string of the molecule is CCCCCCCCCCCCCCCCCCCCCCCCC(=O)OC[C@H](COP(=O)(O)OC[C@@H](O)COP(=O)(O)OC[C@@H](COC(=O)CCCCCCCCCCC)OC(=O)CCCCCCCCCCCCC)OC(=O)CCCCCCCCCCCCCCCCCCCCC(C)CC. The first kappa shape index (κ1) is 102. The lowest BCUT2D eigenvalue weighted by atomic mass is 9.99. The van der Waals surface area contributed by atoms with Gasteiger partial charge in [0.1, 0.15) is 19.3 Å². The van der Waals surface area contributed by atoms with Crippen molar-refractivity contribution < 1.29 is 80.2 Å². The number of carbonyl (C=O) groups is 4. The maximum atomic E-state index is 13.1. The number of phosphoric ester groups is 2. The van der Waals surface area contributed by atoms with Crippen LogP contribution in [-0.2, 0) is 65.4 Å². The number of aliphatic hydroxyl groups excluding tert-OH is 1. The summed E-state index contributed by atoms with van der Waals surface area (Å²) in [5.74, 6) is -1.23. The minimum atomic E-state index is -4.96. The van der Waals surface area contributed by atoms with Gasteiger partial charge in [-0.3, -0.25) is 37.3 Å². The quantitative estimate of drug-likeness (QED) is 0.0222. The highest BCUT2D eigenvalue weighted by atomic mass is 31.2. The molecular weight excluding hydrogens is 1350 g/mol. The van der Waals surface area contributed by atoms with Gasteiger partial charge in [0, 0.05) is 25.7 Å². The lowest BCUT2D eigenvalue weighted by Crippen LogP contribution is -2.30. The van der Waals surface area contributed by atoms with Crippen molar-refractivity contribution in [3.05, 3.63) is 0 Å². The van der Waals surface area contributed by atoms with Gasteiger partial charge in [0.05, 0.1) is 26.4 Å². The summed E-state index contributed by atoms with van der Waals surface area (Å²) >= 11 is 0. The highest BCUT2D eigenvalue weighted by molar-refractivity contribution is 7.47. The maximum absolute atomic E-state index is 13.1. The van der Waals surface area contributed by atoms with Crippen LogP contribution in [0.4, 0.5) is 0 Å². The maximum Gasteiger partial charge on any atom is 0.472 e. The van der Waals surface area contributed by atoms with Gasteiger partial charge in [-0.25, -0.2) is 9.13 Å². The Morgan fingerprint density at radius 3 is 0.683 bits per heavy atom. The standard InChI is InChI=1S/C85H166O17P2/c1-6-10-13-16-19-22-24-25-26-27-28-29-30-31-35-38-41-45-49-54-59-64-69-83(88)96-75-81(102-85(90)71-66-61-56-51-46-42-39-36-33-32-34-37-40-44-48-52-57-62-67-78(5)9-4)77-100-104(93,94)98-73-79(86)72-97-103(91,92)99-76-80(74-95-82(87)68-63-58-53-47-21-18-15-12-8-3)101-84(89)70-65-60-55-50-43-23-20-17-14-11-7-2/h78-81,86H,6-77H2,1-5H3,(H,91,92)(H,93,94)/t78?,79-,80+,81+/m0/s1. The molecule has 17 nitrogen and oxygen atoms in total. The van der Waals surface area contributed by atoms with E-state index in [4.69, 9.17) is 37.0 Å². The molecule has 3 N–H and O–H groups in total. The molecule has 0 bridgehead atoms. The Labute approximate surface area is 638 Å². The van der Waals surface area contributed by atoms with E-state index in [0.717, 1.165) is 95.8 Å². The number of hydrogen-bond donors (Lipinski definition) is 3. The fraction of sp³-hybridized carbons (Fsp3) is 0.953. The van der Waals surface area contributed by atoms with E-state index in [-0.39, 0.29) is 25.7 Å². The molecule has 0 rings (SSSR count). The summed E-state index contributed by atoms with van der Waals surface area (Å²) in [4.78, 5) is 73.0. The predicted molar refractivity (Wildman–Crippen MR) is 428 cm³/mol. The minimum Gasteiger partial charge on any atom is -0.462 e. The van der Waals surface area contributed by atoms with Crippen LogP contribution in [-0.4, -0.2) is 96.7 Å². The van der Waals surface area contributed by atoms with Crippen molar-refractivity contribution in [2.75, 3.05) is 39.6 Å². The zero-order valence-electron chi connectivity index (χ0n) is 68.2. The first-order chi connectivity index (χ1) is 50.6. The Hall–Kier alpha value is -1.94. The predicted octanol–water partition coefficient (Wildman–Crippen LogP) is 26.0. The molecular formula is C85H166O17P2. The molecule has 0 amide bonds. The number of carbonyl (C=O) groups excluding carboxylic acids is 4. The molecule has 0 spiro atoms. The zero-order valence-corrected chi connectivity index (χ0v) is 70.0. The molecule has 0 saturated carbocycles. The molecule has 0 radical (unpaired) electrons. The van der Waals surface area contributed by atoms with Crippen molar-refractivity contribution in [3.63, 3.8) is 0 Å². The van der Waals surface area contributed by atoms with Crippen LogP contribution in [0.25, 0.3) is 0 Å². The molecule has 0 aliphatic rings. The summed E-state index contributed by atoms with van der Waals surface area (Å²) in [5.41, 5.74) is 0. The molecule has 618 valence electrons. The van der Waals surface area contributed by atoms with E-state index in [9.17, 15) is 43.2 Å². The summed E-state index contributed by atoms with van der Waals surface area (Å²) in [6, 6.07) is 0. The van der Waals surface area contributed by atoms with Gasteiger partial charge in [-0.2, -0.15) is 0 Å². The van der Waals surface area contributed by atoms with Crippen molar-refractivity contribution in [3.8, 4) is 0 Å². The Balaban J connectivity index is 5.16. The molecule has 0 heterocycles. The van der Waals surface area contributed by atoms with Gasteiger partial charge in [-0.1, -0.05) is 407 Å². The molecule has 19 heteroatoms. The van der Waals surface area contributed by atoms with Gasteiger partial charge < -0.3 is 33.8 Å². The van der Waals surface area contributed by atoms with Gasteiger partial charge in [0.15, 0.2) is 12.2 Å². The number of hydrogen-bond acceptors (Lipinski definition) is 15. The van der Waals surface area contributed by atoms with Crippen LogP contribution in [0.1, 0.15) is 458 Å². The number of phosphoric acid groups is 2. The van der Waals surface area contributed by atoms with Crippen LogP contribution in [0.2, 0.25) is 0 Å². The van der Waals surface area contributed by atoms with Gasteiger partial charge in [-0.15, -0.1) is 0 Å². The Kier molecular flexibility index (Phi) is 76.3. The molecule has 6 atom stereocenters. The van der Waals surface area contributed by atoms with Crippen LogP contribution < -0.4 is 0 Å². The smallest absolute Gasteiger partial charge is 0.462 e. The second-order valence-corrected chi connectivity index (χ2v) is 33.7. The summed E-state index contributed by atoms with van der Waals surface area (Å²) in [6.07, 6.45) is 71.0. The summed E-state index contributed by atoms with van der Waals surface area (Å²) < 4.78 is 68.7. The lowest BCUT2D eigenvalue weighted by Gasteiger charge is -2.21. The third-order valence-corrected chi connectivity index (χ3v) is 22.3. The van der Waals surface area contributed by atoms with Crippen molar-refractivity contribution in [1.82, 2.24) is 0 Å². The topological polar surface area (TPSA) is 237 Å². The highest BCUT2D eigenvalue weighted by Crippen LogP contribution is 2.45. The van der Waals surface area contributed by atoms with Crippen molar-refractivity contribution in [1.29, 1.82) is 0 Å². The van der Waals surface area contributed by atoms with Gasteiger partial charge in [0.2, 0.25) is 0 Å². The number of aliphatic hydroxyl groups is 1. The average molecular weight is 1520 g/mol.